The van der Waals surface area contributed by atoms with E-state index in [0.717, 1.165) is 39.2 Å². The largest absolute Gasteiger partial charge is 0.340 e. The number of aryl methyl sites for hydroxylation is 4. The lowest BCUT2D eigenvalue weighted by Gasteiger charge is -2.20. The van der Waals surface area contributed by atoms with Crippen molar-refractivity contribution in [2.45, 2.75) is 33.7 Å². The first kappa shape index (κ1) is 24.3. The Morgan fingerprint density at radius 2 is 1.32 bits per heavy atom. The Morgan fingerprint density at radius 3 is 1.95 bits per heavy atom. The Kier molecular flexibility index (Phi) is 6.74. The molecule has 0 saturated carbocycles. The normalized spacial score (nSPS) is 11.1. The van der Waals surface area contributed by atoms with E-state index in [1.807, 2.05) is 73.7 Å². The summed E-state index contributed by atoms with van der Waals surface area (Å²) in [4.78, 5) is 14.0. The van der Waals surface area contributed by atoms with Gasteiger partial charge in [0, 0.05) is 5.56 Å². The minimum absolute atomic E-state index is 0.179. The van der Waals surface area contributed by atoms with Crippen molar-refractivity contribution in [3.8, 4) is 16.9 Å². The summed E-state index contributed by atoms with van der Waals surface area (Å²) >= 11 is 0. The predicted molar refractivity (Wildman–Crippen MR) is 150 cm³/mol. The van der Waals surface area contributed by atoms with Crippen LogP contribution in [0.4, 0.5) is 0 Å². The molecular weight excluding hydrogens is 454 g/mol. The molecule has 37 heavy (non-hydrogen) atoms. The van der Waals surface area contributed by atoms with Crippen LogP contribution in [0.2, 0.25) is 0 Å². The highest BCUT2D eigenvalue weighted by Crippen LogP contribution is 2.27. The lowest BCUT2D eigenvalue weighted by Crippen LogP contribution is -2.31. The number of nitrogens with zero attached hydrogens (tertiary/aromatic N) is 2. The second kappa shape index (κ2) is 10.3. The minimum Gasteiger partial charge on any atom is -0.340 e. The number of hydrogen-bond acceptors (Lipinski definition) is 2. The number of carbonyl (C=O) groups is 1. The molecule has 0 aliphatic rings. The molecule has 0 aliphatic heterocycles. The fraction of sp³-hybridized carbons (Fsp3) is 0.152. The molecule has 0 atom stereocenters. The molecule has 0 radical (unpaired) electrons. The molecule has 4 nitrogen and oxygen atoms in total. The zero-order valence-electron chi connectivity index (χ0n) is 21.7. The van der Waals surface area contributed by atoms with Gasteiger partial charge in [0.1, 0.15) is 5.69 Å². The summed E-state index contributed by atoms with van der Waals surface area (Å²) in [5.74, 6) is -0.179. The topological polar surface area (TPSA) is 46.9 Å². The summed E-state index contributed by atoms with van der Waals surface area (Å²) < 4.78 is 1.79. The van der Waals surface area contributed by atoms with Gasteiger partial charge in [-0.3, -0.25) is 4.79 Å². The predicted octanol–water partition coefficient (Wildman–Crippen LogP) is 7.29. The fourth-order valence-electron chi connectivity index (χ4n) is 4.57. The van der Waals surface area contributed by atoms with Crippen LogP contribution >= 0.6 is 0 Å². The molecule has 5 aromatic rings. The Bertz CT molecular complexity index is 1510. The zero-order valence-corrected chi connectivity index (χ0v) is 21.7. The van der Waals surface area contributed by atoms with Crippen molar-refractivity contribution in [2.24, 2.45) is 0 Å². The Balaban J connectivity index is 1.61. The molecule has 4 heteroatoms. The second-order valence-corrected chi connectivity index (χ2v) is 9.64. The van der Waals surface area contributed by atoms with Crippen LogP contribution in [-0.2, 0) is 0 Å². The van der Waals surface area contributed by atoms with E-state index in [1.54, 1.807) is 4.68 Å². The molecule has 0 bridgehead atoms. The maximum absolute atomic E-state index is 14.0. The third-order valence-electron chi connectivity index (χ3n) is 6.88. The molecule has 0 saturated heterocycles. The number of nitrogens with one attached hydrogen (secondary N) is 1. The number of rotatable bonds is 6. The first-order valence-corrected chi connectivity index (χ1v) is 12.6. The van der Waals surface area contributed by atoms with Crippen molar-refractivity contribution in [1.82, 2.24) is 15.1 Å². The van der Waals surface area contributed by atoms with Gasteiger partial charge in [-0.2, -0.15) is 5.10 Å². The van der Waals surface area contributed by atoms with Crippen LogP contribution in [-0.4, -0.2) is 15.7 Å². The summed E-state index contributed by atoms with van der Waals surface area (Å²) in [5.41, 5.74) is 9.79. The molecule has 184 valence electrons. The zero-order chi connectivity index (χ0) is 25.9. The van der Waals surface area contributed by atoms with Crippen molar-refractivity contribution in [1.29, 1.82) is 0 Å². The maximum atomic E-state index is 14.0. The average molecular weight is 486 g/mol. The summed E-state index contributed by atoms with van der Waals surface area (Å²) in [7, 11) is 0. The van der Waals surface area contributed by atoms with Crippen molar-refractivity contribution >= 4 is 5.91 Å². The first-order chi connectivity index (χ1) is 17.9. The van der Waals surface area contributed by atoms with E-state index in [9.17, 15) is 4.79 Å². The van der Waals surface area contributed by atoms with E-state index in [-0.39, 0.29) is 11.9 Å². The van der Waals surface area contributed by atoms with Crippen molar-refractivity contribution in [2.75, 3.05) is 0 Å². The number of amides is 1. The highest BCUT2D eigenvalue weighted by molar-refractivity contribution is 5.95. The summed E-state index contributed by atoms with van der Waals surface area (Å²) in [6, 6.07) is 34.2. The third-order valence-corrected chi connectivity index (χ3v) is 6.88. The van der Waals surface area contributed by atoms with Crippen LogP contribution in [0, 0.1) is 27.7 Å². The van der Waals surface area contributed by atoms with Crippen LogP contribution in [0.5, 0.6) is 0 Å². The summed E-state index contributed by atoms with van der Waals surface area (Å²) in [6.07, 6.45) is 0. The molecular formula is C33H31N3O. The molecule has 1 heterocycles. The van der Waals surface area contributed by atoms with Crippen molar-refractivity contribution in [3.63, 3.8) is 0 Å². The Labute approximate surface area is 218 Å². The monoisotopic (exact) mass is 485 g/mol. The molecule has 0 fully saturated rings. The van der Waals surface area contributed by atoms with E-state index >= 15 is 0 Å². The average Bonchev–Trinajstić information content (AvgIpc) is 3.36. The van der Waals surface area contributed by atoms with E-state index in [1.165, 1.54) is 11.1 Å². The molecule has 0 unspecified atom stereocenters. The number of benzene rings is 4. The van der Waals surface area contributed by atoms with Gasteiger partial charge in [0.2, 0.25) is 0 Å². The van der Waals surface area contributed by atoms with Gasteiger partial charge in [-0.1, -0.05) is 84.9 Å². The van der Waals surface area contributed by atoms with Crippen LogP contribution in [0.1, 0.15) is 49.9 Å². The van der Waals surface area contributed by atoms with E-state index in [4.69, 9.17) is 5.10 Å². The van der Waals surface area contributed by atoms with E-state index in [2.05, 4.69) is 62.5 Å². The highest BCUT2D eigenvalue weighted by atomic mass is 16.2. The van der Waals surface area contributed by atoms with E-state index in [0.29, 0.717) is 5.69 Å². The Morgan fingerprint density at radius 1 is 0.703 bits per heavy atom. The van der Waals surface area contributed by atoms with Gasteiger partial charge >= 0.3 is 0 Å². The van der Waals surface area contributed by atoms with Gasteiger partial charge in [-0.25, -0.2) is 4.68 Å². The number of aromatic nitrogens is 2. The third kappa shape index (κ3) is 5.10. The molecule has 0 spiro atoms. The number of carbonyl (C=O) groups excluding carboxylic acids is 1. The standard InChI is InChI=1S/C33H31N3O/c1-22-15-16-24(3)30(19-22)36-31(21-29(35-36)28-18-17-23(2)25(4)20-28)33(37)34-32(26-11-7-5-8-12-26)27-13-9-6-10-14-27/h5-21,32H,1-4H3,(H,34,37). The van der Waals surface area contributed by atoms with Crippen molar-refractivity contribution < 1.29 is 4.79 Å². The van der Waals surface area contributed by atoms with Gasteiger partial charge in [-0.15, -0.1) is 0 Å². The molecule has 0 aliphatic carbocycles. The molecule has 1 N–H and O–H groups in total. The van der Waals surface area contributed by atoms with Gasteiger partial charge in [0.05, 0.1) is 17.4 Å². The van der Waals surface area contributed by atoms with Crippen LogP contribution in [0.25, 0.3) is 16.9 Å². The van der Waals surface area contributed by atoms with Crippen LogP contribution < -0.4 is 5.32 Å². The van der Waals surface area contributed by atoms with E-state index < -0.39 is 0 Å². The second-order valence-electron chi connectivity index (χ2n) is 9.64. The van der Waals surface area contributed by atoms with Gasteiger partial charge < -0.3 is 5.32 Å². The smallest absolute Gasteiger partial charge is 0.270 e. The fourth-order valence-corrected chi connectivity index (χ4v) is 4.57. The molecule has 1 aromatic heterocycles. The van der Waals surface area contributed by atoms with Crippen molar-refractivity contribution in [3.05, 3.63) is 142 Å². The van der Waals surface area contributed by atoms with Gasteiger partial charge in [-0.05, 0) is 79.3 Å². The van der Waals surface area contributed by atoms with Crippen LogP contribution in [0.3, 0.4) is 0 Å². The summed E-state index contributed by atoms with van der Waals surface area (Å²) in [5, 5.41) is 8.25. The molecule has 4 aromatic carbocycles. The lowest BCUT2D eigenvalue weighted by molar-refractivity contribution is 0.0935. The SMILES string of the molecule is Cc1ccc(C)c(-n2nc(-c3ccc(C)c(C)c3)cc2C(=O)NC(c2ccccc2)c2ccccc2)c1. The minimum atomic E-state index is -0.290. The summed E-state index contributed by atoms with van der Waals surface area (Å²) in [6.45, 7) is 8.29. The first-order valence-electron chi connectivity index (χ1n) is 12.6. The highest BCUT2D eigenvalue weighted by Gasteiger charge is 2.23. The Hall–Kier alpha value is -4.44. The van der Waals surface area contributed by atoms with Crippen LogP contribution in [0.15, 0.2) is 103 Å². The maximum Gasteiger partial charge on any atom is 0.270 e. The quantitative estimate of drug-likeness (QED) is 0.274. The molecule has 1 amide bonds. The molecule has 5 rings (SSSR count). The van der Waals surface area contributed by atoms with Gasteiger partial charge in [0.15, 0.2) is 0 Å². The number of hydrogen-bond donors (Lipinski definition) is 1. The lowest BCUT2D eigenvalue weighted by atomic mass is 9.98. The van der Waals surface area contributed by atoms with Gasteiger partial charge in [0.25, 0.3) is 5.91 Å².